The van der Waals surface area contributed by atoms with E-state index in [4.69, 9.17) is 11.6 Å². The number of halogens is 1. The van der Waals surface area contributed by atoms with Gasteiger partial charge in [0.1, 0.15) is 0 Å². The zero-order valence-electron chi connectivity index (χ0n) is 16.0. The number of carbonyl (C=O) groups is 1. The van der Waals surface area contributed by atoms with E-state index < -0.39 is 0 Å². The second-order valence-electron chi connectivity index (χ2n) is 6.41. The van der Waals surface area contributed by atoms with Crippen molar-refractivity contribution in [1.82, 2.24) is 14.8 Å². The molecule has 1 aromatic heterocycles. The molecule has 0 atom stereocenters. The zero-order chi connectivity index (χ0) is 20.1. The van der Waals surface area contributed by atoms with Gasteiger partial charge in [-0.05, 0) is 49.2 Å². The molecule has 2 N–H and O–H groups in total. The minimum absolute atomic E-state index is 0.0692. The Balaban J connectivity index is 1.55. The number of benzene rings is 2. The Bertz CT molecular complexity index is 988. The summed E-state index contributed by atoms with van der Waals surface area (Å²) in [5.41, 5.74) is 3.98. The SMILES string of the molecule is Cc1cccc(NC(=O)CSc2nnc(CNc3cccc(Cl)c3)n2C)c1C. The van der Waals surface area contributed by atoms with Crippen LogP contribution in [0.25, 0.3) is 0 Å². The summed E-state index contributed by atoms with van der Waals surface area (Å²) in [5, 5.41) is 16.0. The molecule has 3 aromatic rings. The third-order valence-electron chi connectivity index (χ3n) is 4.41. The molecule has 3 rings (SSSR count). The van der Waals surface area contributed by atoms with Crippen molar-refractivity contribution in [3.63, 3.8) is 0 Å². The van der Waals surface area contributed by atoms with Crippen molar-refractivity contribution in [3.05, 3.63) is 64.4 Å². The summed E-state index contributed by atoms with van der Waals surface area (Å²) in [4.78, 5) is 12.3. The van der Waals surface area contributed by atoms with Crippen LogP contribution in [0.3, 0.4) is 0 Å². The van der Waals surface area contributed by atoms with Crippen LogP contribution in [0.15, 0.2) is 47.6 Å². The first kappa shape index (κ1) is 20.2. The van der Waals surface area contributed by atoms with E-state index in [-0.39, 0.29) is 11.7 Å². The Labute approximate surface area is 173 Å². The molecule has 146 valence electrons. The lowest BCUT2D eigenvalue weighted by molar-refractivity contribution is -0.113. The van der Waals surface area contributed by atoms with Crippen LogP contribution in [-0.2, 0) is 18.4 Å². The molecule has 1 amide bonds. The molecule has 28 heavy (non-hydrogen) atoms. The van der Waals surface area contributed by atoms with Gasteiger partial charge in [0.05, 0.1) is 12.3 Å². The van der Waals surface area contributed by atoms with Crippen LogP contribution in [0.2, 0.25) is 5.02 Å². The Kier molecular flexibility index (Phi) is 6.59. The quantitative estimate of drug-likeness (QED) is 0.558. The number of hydrogen-bond donors (Lipinski definition) is 2. The van der Waals surface area contributed by atoms with Gasteiger partial charge in [0.25, 0.3) is 0 Å². The smallest absolute Gasteiger partial charge is 0.234 e. The maximum Gasteiger partial charge on any atom is 0.234 e. The van der Waals surface area contributed by atoms with Crippen LogP contribution >= 0.6 is 23.4 Å². The third-order valence-corrected chi connectivity index (χ3v) is 5.67. The van der Waals surface area contributed by atoms with E-state index >= 15 is 0 Å². The van der Waals surface area contributed by atoms with E-state index in [9.17, 15) is 4.79 Å². The molecule has 1 heterocycles. The van der Waals surface area contributed by atoms with Gasteiger partial charge in [-0.1, -0.05) is 41.6 Å². The molecule has 0 aliphatic rings. The van der Waals surface area contributed by atoms with Crippen LogP contribution in [0.4, 0.5) is 11.4 Å². The molecule has 0 aliphatic carbocycles. The average Bonchev–Trinajstić information content (AvgIpc) is 3.02. The van der Waals surface area contributed by atoms with Gasteiger partial charge in [-0.15, -0.1) is 10.2 Å². The van der Waals surface area contributed by atoms with Gasteiger partial charge in [0, 0.05) is 23.4 Å². The van der Waals surface area contributed by atoms with Crippen molar-refractivity contribution < 1.29 is 4.79 Å². The van der Waals surface area contributed by atoms with Crippen molar-refractivity contribution in [1.29, 1.82) is 0 Å². The second-order valence-corrected chi connectivity index (χ2v) is 7.78. The summed E-state index contributed by atoms with van der Waals surface area (Å²) in [5.74, 6) is 0.971. The van der Waals surface area contributed by atoms with E-state index in [0.717, 1.165) is 28.3 Å². The molecule has 0 saturated heterocycles. The molecule has 6 nitrogen and oxygen atoms in total. The Morgan fingerprint density at radius 1 is 1.18 bits per heavy atom. The van der Waals surface area contributed by atoms with Crippen LogP contribution in [-0.4, -0.2) is 26.4 Å². The maximum atomic E-state index is 12.3. The summed E-state index contributed by atoms with van der Waals surface area (Å²) in [6.45, 7) is 4.54. The minimum Gasteiger partial charge on any atom is -0.378 e. The van der Waals surface area contributed by atoms with Crippen molar-refractivity contribution in [2.75, 3.05) is 16.4 Å². The topological polar surface area (TPSA) is 71.8 Å². The highest BCUT2D eigenvalue weighted by Crippen LogP contribution is 2.21. The van der Waals surface area contributed by atoms with Crippen molar-refractivity contribution in [3.8, 4) is 0 Å². The molecule has 2 aromatic carbocycles. The summed E-state index contributed by atoms with van der Waals surface area (Å²) < 4.78 is 1.88. The molecular weight excluding hydrogens is 394 g/mol. The van der Waals surface area contributed by atoms with Crippen molar-refractivity contribution in [2.45, 2.75) is 25.5 Å². The molecular formula is C20H22ClN5OS. The number of aryl methyl sites for hydroxylation is 1. The number of carbonyl (C=O) groups excluding carboxylic acids is 1. The maximum absolute atomic E-state index is 12.3. The molecule has 0 aliphatic heterocycles. The lowest BCUT2D eigenvalue weighted by Crippen LogP contribution is -2.15. The van der Waals surface area contributed by atoms with E-state index in [1.165, 1.54) is 11.8 Å². The fourth-order valence-corrected chi connectivity index (χ4v) is 3.53. The standard InChI is InChI=1S/C20H22ClN5OS/c1-13-6-4-9-17(14(13)2)23-19(27)12-28-20-25-24-18(26(20)3)11-22-16-8-5-7-15(21)10-16/h4-10,22H,11-12H2,1-3H3,(H,23,27). The molecule has 8 heteroatoms. The first-order valence-corrected chi connectivity index (χ1v) is 10.2. The van der Waals surface area contributed by atoms with Gasteiger partial charge in [0.15, 0.2) is 11.0 Å². The highest BCUT2D eigenvalue weighted by atomic mass is 35.5. The fraction of sp³-hybridized carbons (Fsp3) is 0.250. The highest BCUT2D eigenvalue weighted by Gasteiger charge is 2.12. The van der Waals surface area contributed by atoms with Gasteiger partial charge in [-0.2, -0.15) is 0 Å². The van der Waals surface area contributed by atoms with Crippen LogP contribution < -0.4 is 10.6 Å². The zero-order valence-corrected chi connectivity index (χ0v) is 17.6. The van der Waals surface area contributed by atoms with E-state index in [0.29, 0.717) is 16.7 Å². The largest absolute Gasteiger partial charge is 0.378 e. The van der Waals surface area contributed by atoms with E-state index in [1.807, 2.05) is 67.9 Å². The fourth-order valence-electron chi connectivity index (χ4n) is 2.61. The molecule has 0 spiro atoms. The number of rotatable bonds is 7. The number of nitrogens with one attached hydrogen (secondary N) is 2. The predicted molar refractivity (Wildman–Crippen MR) is 115 cm³/mol. The molecule has 0 bridgehead atoms. The molecule has 0 fully saturated rings. The number of amides is 1. The monoisotopic (exact) mass is 415 g/mol. The van der Waals surface area contributed by atoms with E-state index in [1.54, 1.807) is 0 Å². The predicted octanol–water partition coefficient (Wildman–Crippen LogP) is 4.43. The number of thioether (sulfide) groups is 1. The van der Waals surface area contributed by atoms with Gasteiger partial charge < -0.3 is 15.2 Å². The van der Waals surface area contributed by atoms with Crippen LogP contribution in [0.1, 0.15) is 17.0 Å². The Hall–Kier alpha value is -2.51. The van der Waals surface area contributed by atoms with Gasteiger partial charge >= 0.3 is 0 Å². The van der Waals surface area contributed by atoms with Gasteiger partial charge in [-0.3, -0.25) is 4.79 Å². The highest BCUT2D eigenvalue weighted by molar-refractivity contribution is 7.99. The summed E-state index contributed by atoms with van der Waals surface area (Å²) in [6.07, 6.45) is 0. The molecule has 0 unspecified atom stereocenters. The minimum atomic E-state index is -0.0692. The average molecular weight is 416 g/mol. The van der Waals surface area contributed by atoms with Gasteiger partial charge in [-0.25, -0.2) is 0 Å². The lowest BCUT2D eigenvalue weighted by atomic mass is 10.1. The van der Waals surface area contributed by atoms with Crippen molar-refractivity contribution in [2.24, 2.45) is 7.05 Å². The normalized spacial score (nSPS) is 10.7. The third kappa shape index (κ3) is 5.05. The summed E-state index contributed by atoms with van der Waals surface area (Å²) >= 11 is 7.35. The number of aromatic nitrogens is 3. The Morgan fingerprint density at radius 2 is 1.96 bits per heavy atom. The summed E-state index contributed by atoms with van der Waals surface area (Å²) in [6, 6.07) is 13.4. The van der Waals surface area contributed by atoms with Crippen molar-refractivity contribution >= 4 is 40.6 Å². The van der Waals surface area contributed by atoms with E-state index in [2.05, 4.69) is 20.8 Å². The van der Waals surface area contributed by atoms with Crippen LogP contribution in [0, 0.1) is 13.8 Å². The van der Waals surface area contributed by atoms with Crippen LogP contribution in [0.5, 0.6) is 0 Å². The summed E-state index contributed by atoms with van der Waals surface area (Å²) in [7, 11) is 1.89. The molecule has 0 radical (unpaired) electrons. The second kappa shape index (κ2) is 9.12. The number of hydrogen-bond acceptors (Lipinski definition) is 5. The lowest BCUT2D eigenvalue weighted by Gasteiger charge is -2.10. The number of nitrogens with zero attached hydrogens (tertiary/aromatic N) is 3. The Morgan fingerprint density at radius 3 is 2.75 bits per heavy atom. The first-order valence-electron chi connectivity index (χ1n) is 8.80. The number of anilines is 2. The first-order chi connectivity index (χ1) is 13.4. The molecule has 0 saturated carbocycles. The van der Waals surface area contributed by atoms with Gasteiger partial charge in [0.2, 0.25) is 5.91 Å².